The van der Waals surface area contributed by atoms with Crippen molar-refractivity contribution in [3.8, 4) is 17.3 Å². The number of aliphatic hydroxyl groups is 1. The van der Waals surface area contributed by atoms with Gasteiger partial charge in [-0.15, -0.1) is 0 Å². The number of fused-ring (bicyclic) bond motifs is 5. The first-order valence-electron chi connectivity index (χ1n) is 17.4. The molecule has 6 heterocycles. The van der Waals surface area contributed by atoms with Crippen LogP contribution in [0.4, 0.5) is 15.0 Å². The van der Waals surface area contributed by atoms with E-state index in [9.17, 15) is 9.90 Å². The Balaban J connectivity index is 1.19. The van der Waals surface area contributed by atoms with Crippen molar-refractivity contribution < 1.29 is 23.8 Å². The minimum absolute atomic E-state index is 0.0715. The van der Waals surface area contributed by atoms with Gasteiger partial charge in [0.25, 0.3) is 0 Å². The van der Waals surface area contributed by atoms with E-state index < -0.39 is 11.4 Å². The number of aliphatic hydroxyl groups excluding tert-OH is 1. The van der Waals surface area contributed by atoms with Crippen molar-refractivity contribution in [2.45, 2.75) is 88.6 Å². The number of carbonyl (C=O) groups excluding carboxylic acids is 1. The predicted octanol–water partition coefficient (Wildman–Crippen LogP) is 6.59. The minimum Gasteiger partial charge on any atom is -0.461 e. The highest BCUT2D eigenvalue weighted by Crippen LogP contribution is 2.43. The van der Waals surface area contributed by atoms with Gasteiger partial charge in [0, 0.05) is 41.3 Å². The number of halogens is 2. The van der Waals surface area contributed by atoms with Gasteiger partial charge >= 0.3 is 12.1 Å². The number of ether oxygens (including phenoxy) is 2. The molecule has 10 nitrogen and oxygen atoms in total. The van der Waals surface area contributed by atoms with Crippen molar-refractivity contribution in [3.63, 3.8) is 0 Å². The maximum atomic E-state index is 16.9. The van der Waals surface area contributed by atoms with E-state index in [-0.39, 0.29) is 53.6 Å². The highest BCUT2D eigenvalue weighted by molar-refractivity contribution is 6.36. The van der Waals surface area contributed by atoms with Crippen molar-refractivity contribution in [1.82, 2.24) is 24.8 Å². The van der Waals surface area contributed by atoms with Gasteiger partial charge in [-0.1, -0.05) is 41.9 Å². The summed E-state index contributed by atoms with van der Waals surface area (Å²) in [6.07, 6.45) is 6.84. The molecule has 0 spiro atoms. The molecule has 4 aliphatic heterocycles. The first kappa shape index (κ1) is 32.4. The van der Waals surface area contributed by atoms with Gasteiger partial charge in [0.05, 0.1) is 29.6 Å². The van der Waals surface area contributed by atoms with Crippen LogP contribution in [0.15, 0.2) is 42.6 Å². The Morgan fingerprint density at radius 2 is 1.84 bits per heavy atom. The zero-order valence-electron chi connectivity index (χ0n) is 28.2. The third-order valence-corrected chi connectivity index (χ3v) is 11.2. The lowest BCUT2D eigenvalue weighted by Gasteiger charge is -2.42. The first-order chi connectivity index (χ1) is 23.5. The summed E-state index contributed by atoms with van der Waals surface area (Å²) >= 11 is 6.65. The Bertz CT molecular complexity index is 1920. The van der Waals surface area contributed by atoms with Crippen LogP contribution in [-0.2, 0) is 4.74 Å². The molecule has 258 valence electrons. The zero-order valence-corrected chi connectivity index (χ0v) is 28.9. The number of pyridine rings is 1. The van der Waals surface area contributed by atoms with Crippen LogP contribution >= 0.6 is 11.6 Å². The Labute approximate surface area is 290 Å². The number of benzene rings is 2. The second-order valence-corrected chi connectivity index (χ2v) is 15.4. The average molecular weight is 689 g/mol. The molecule has 0 radical (unpaired) electrons. The van der Waals surface area contributed by atoms with Gasteiger partial charge < -0.3 is 19.5 Å². The van der Waals surface area contributed by atoms with Gasteiger partial charge in [-0.25, -0.2) is 9.18 Å². The van der Waals surface area contributed by atoms with Crippen LogP contribution in [-0.4, -0.2) is 98.1 Å². The van der Waals surface area contributed by atoms with Crippen molar-refractivity contribution in [2.24, 2.45) is 0 Å². The monoisotopic (exact) mass is 688 g/mol. The molecule has 49 heavy (non-hydrogen) atoms. The number of anilines is 1. The fourth-order valence-electron chi connectivity index (χ4n) is 8.70. The number of carbonyl (C=O) groups is 1. The molecule has 0 saturated carbocycles. The number of nitrogens with zero attached hydrogens (tertiary/aromatic N) is 6. The van der Waals surface area contributed by atoms with Crippen LogP contribution in [0.1, 0.15) is 59.3 Å². The summed E-state index contributed by atoms with van der Waals surface area (Å²) < 4.78 is 29.1. The number of hydrogen-bond acceptors (Lipinski definition) is 9. The molecule has 12 heteroatoms. The largest absolute Gasteiger partial charge is 0.461 e. The molecule has 4 aliphatic rings. The summed E-state index contributed by atoms with van der Waals surface area (Å²) in [5.74, 6) is -0.0364. The number of aromatic nitrogens is 3. The fourth-order valence-corrected chi connectivity index (χ4v) is 8.98. The van der Waals surface area contributed by atoms with Gasteiger partial charge in [0.15, 0.2) is 5.82 Å². The molecular weight excluding hydrogens is 647 g/mol. The molecule has 4 aromatic rings. The highest BCUT2D eigenvalue weighted by Gasteiger charge is 2.50. The maximum absolute atomic E-state index is 16.9. The van der Waals surface area contributed by atoms with E-state index in [4.69, 9.17) is 31.0 Å². The number of hydrogen-bond donors (Lipinski definition) is 1. The van der Waals surface area contributed by atoms with Gasteiger partial charge in [0.1, 0.15) is 29.2 Å². The normalized spacial score (nSPS) is 25.4. The van der Waals surface area contributed by atoms with Crippen LogP contribution in [0.2, 0.25) is 5.02 Å². The number of rotatable bonds is 6. The molecule has 2 aromatic heterocycles. The van der Waals surface area contributed by atoms with E-state index in [1.165, 1.54) is 0 Å². The second-order valence-electron chi connectivity index (χ2n) is 15.0. The third kappa shape index (κ3) is 5.63. The number of piperazine rings is 1. The van der Waals surface area contributed by atoms with Gasteiger partial charge in [-0.05, 0) is 77.3 Å². The summed E-state index contributed by atoms with van der Waals surface area (Å²) in [6.45, 7) is 8.04. The van der Waals surface area contributed by atoms with Gasteiger partial charge in [-0.3, -0.25) is 14.8 Å². The highest BCUT2D eigenvalue weighted by atomic mass is 35.5. The molecule has 1 N–H and O–H groups in total. The lowest BCUT2D eigenvalue weighted by molar-refractivity contribution is 0.0122. The van der Waals surface area contributed by atoms with E-state index in [1.54, 1.807) is 12.3 Å². The topological polar surface area (TPSA) is 104 Å². The molecule has 4 fully saturated rings. The van der Waals surface area contributed by atoms with Crippen molar-refractivity contribution in [3.05, 3.63) is 53.4 Å². The Hall–Kier alpha value is -3.80. The van der Waals surface area contributed by atoms with E-state index in [0.717, 1.165) is 55.8 Å². The molecule has 0 aliphatic carbocycles. The SMILES string of the molecule is CC(C)(C)OC(=O)N1[C@@H]2CC[C@H]1CN(c1nc(OC[C@]34CCCN3[C@@H](CO)CC4)nc3c(F)c(-c4cccc5cccc(Cl)c45)ncc13)C2. The van der Waals surface area contributed by atoms with Crippen LogP contribution in [0, 0.1) is 5.82 Å². The zero-order chi connectivity index (χ0) is 34.1. The van der Waals surface area contributed by atoms with E-state index in [1.807, 2.05) is 56.0 Å². The molecule has 4 atom stereocenters. The molecule has 8 rings (SSSR count). The maximum Gasteiger partial charge on any atom is 0.410 e. The Morgan fingerprint density at radius 1 is 1.08 bits per heavy atom. The Kier molecular flexibility index (Phi) is 8.07. The predicted molar refractivity (Wildman–Crippen MR) is 187 cm³/mol. The summed E-state index contributed by atoms with van der Waals surface area (Å²) in [5.41, 5.74) is 0.0555. The van der Waals surface area contributed by atoms with Gasteiger partial charge in [-0.2, -0.15) is 9.97 Å². The standard InChI is InChI=1S/C37H42ClFN6O4/c1-36(2,3)49-35(47)45-23-11-12-24(45)19-43(18-23)33-27-17-40-31(26-9-4-7-22-8-5-10-28(38)29(22)26)30(39)32(27)41-34(42-33)48-21-37-14-6-16-44(37)25(20-46)13-15-37/h4-5,7-10,17,23-25,46H,6,11-16,18-21H2,1-3H3/t23-,24+,25-,37-/m1/s1. The number of amides is 1. The van der Waals surface area contributed by atoms with E-state index >= 15 is 4.39 Å². The third-order valence-electron chi connectivity index (χ3n) is 10.9. The van der Waals surface area contributed by atoms with Gasteiger partial charge in [0.2, 0.25) is 0 Å². The minimum atomic E-state index is -0.594. The smallest absolute Gasteiger partial charge is 0.410 e. The fraction of sp³-hybridized carbons (Fsp3) is 0.514. The molecule has 2 aromatic carbocycles. The molecule has 0 unspecified atom stereocenters. The summed E-state index contributed by atoms with van der Waals surface area (Å²) in [6, 6.07) is 11.3. The quantitative estimate of drug-likeness (QED) is 0.240. The summed E-state index contributed by atoms with van der Waals surface area (Å²) in [5, 5.41) is 12.6. The van der Waals surface area contributed by atoms with Crippen molar-refractivity contribution >= 4 is 45.2 Å². The molecule has 4 saturated heterocycles. The molecule has 1 amide bonds. The lowest BCUT2D eigenvalue weighted by Crippen LogP contribution is -2.57. The van der Waals surface area contributed by atoms with Crippen LogP contribution in [0.5, 0.6) is 6.01 Å². The van der Waals surface area contributed by atoms with Crippen LogP contribution in [0.3, 0.4) is 0 Å². The van der Waals surface area contributed by atoms with E-state index in [2.05, 4.69) is 14.8 Å². The lowest BCUT2D eigenvalue weighted by atomic mass is 9.95. The van der Waals surface area contributed by atoms with Crippen LogP contribution < -0.4 is 9.64 Å². The van der Waals surface area contributed by atoms with Crippen molar-refractivity contribution in [1.29, 1.82) is 0 Å². The first-order valence-corrected chi connectivity index (χ1v) is 17.7. The van der Waals surface area contributed by atoms with E-state index in [0.29, 0.717) is 41.5 Å². The Morgan fingerprint density at radius 3 is 2.57 bits per heavy atom. The second kappa shape index (κ2) is 12.2. The average Bonchev–Trinajstić information content (AvgIpc) is 3.72. The van der Waals surface area contributed by atoms with Crippen molar-refractivity contribution in [2.75, 3.05) is 37.7 Å². The molecular formula is C37H42ClFN6O4. The molecule has 2 bridgehead atoms. The summed E-state index contributed by atoms with van der Waals surface area (Å²) in [4.78, 5) is 33.9. The summed E-state index contributed by atoms with van der Waals surface area (Å²) in [7, 11) is 0. The van der Waals surface area contributed by atoms with Crippen LogP contribution in [0.25, 0.3) is 32.9 Å².